The Morgan fingerprint density at radius 2 is 1.97 bits per heavy atom. The number of rotatable bonds is 6. The predicted molar refractivity (Wildman–Crippen MR) is 124 cm³/mol. The second-order valence-electron chi connectivity index (χ2n) is 8.74. The summed E-state index contributed by atoms with van der Waals surface area (Å²) in [7, 11) is 3.34. The Morgan fingerprint density at radius 1 is 1.17 bits per heavy atom. The summed E-state index contributed by atoms with van der Waals surface area (Å²) in [5.41, 5.74) is 2.64. The molecule has 0 amide bonds. The third-order valence-corrected chi connectivity index (χ3v) is 6.22. The summed E-state index contributed by atoms with van der Waals surface area (Å²) in [6.07, 6.45) is -0.607. The number of nitrogens with zero attached hydrogens (tertiary/aromatic N) is 7. The number of hydrogen-bond acceptors (Lipinski definition) is 7. The van der Waals surface area contributed by atoms with E-state index in [1.165, 1.54) is 9.08 Å². The lowest BCUT2D eigenvalue weighted by Gasteiger charge is -2.36. The maximum atomic E-state index is 14.5. The Morgan fingerprint density at radius 3 is 2.69 bits per heavy atom. The van der Waals surface area contributed by atoms with E-state index in [2.05, 4.69) is 30.7 Å². The van der Waals surface area contributed by atoms with Gasteiger partial charge >= 0.3 is 0 Å². The number of halogens is 4. The van der Waals surface area contributed by atoms with Crippen molar-refractivity contribution in [1.29, 1.82) is 0 Å². The van der Waals surface area contributed by atoms with Crippen LogP contribution in [-0.4, -0.2) is 79.6 Å². The van der Waals surface area contributed by atoms with Crippen LogP contribution in [0.4, 0.5) is 29.3 Å². The topological polar surface area (TPSA) is 88.2 Å². The summed E-state index contributed by atoms with van der Waals surface area (Å²) in [5, 5.41) is 10.2. The standard InChI is InChI=1S/C22H25F4N9/c1-12-28-15-5-4-14(29-20(15)34(12)10-17(23)24)13-6-9-35-18(13)19(27-2)31-21(32-35)30-16-7-8-33(3)11-22(16,25)26/h4-6,9,16-17H,7-8,10-11H2,1-3H3,(H2,27,30,31,32)/t16-/m0/s1. The molecule has 5 rings (SSSR count). The summed E-state index contributed by atoms with van der Waals surface area (Å²) >= 11 is 0. The molecule has 1 fully saturated rings. The fourth-order valence-electron chi connectivity index (χ4n) is 4.53. The molecule has 1 saturated heterocycles. The summed E-state index contributed by atoms with van der Waals surface area (Å²) in [6, 6.07) is 4.17. The molecule has 0 aromatic carbocycles. The van der Waals surface area contributed by atoms with Gasteiger partial charge in [-0.25, -0.2) is 32.0 Å². The molecule has 13 heteroatoms. The van der Waals surface area contributed by atoms with Gasteiger partial charge in [0.05, 0.1) is 24.8 Å². The highest BCUT2D eigenvalue weighted by Crippen LogP contribution is 2.32. The molecule has 9 nitrogen and oxygen atoms in total. The van der Waals surface area contributed by atoms with Crippen molar-refractivity contribution < 1.29 is 17.6 Å². The number of aromatic nitrogens is 6. The van der Waals surface area contributed by atoms with Gasteiger partial charge in [0.15, 0.2) is 11.5 Å². The maximum absolute atomic E-state index is 14.5. The van der Waals surface area contributed by atoms with E-state index in [0.29, 0.717) is 46.1 Å². The number of likely N-dealkylation sites (tertiary alicyclic amines) is 1. The molecule has 35 heavy (non-hydrogen) atoms. The van der Waals surface area contributed by atoms with E-state index in [1.54, 1.807) is 50.3 Å². The molecule has 4 aromatic heterocycles. The Bertz CT molecular complexity index is 1380. The molecular formula is C22H25F4N9. The minimum absolute atomic E-state index is 0.0762. The average Bonchev–Trinajstić information content (AvgIpc) is 3.35. The van der Waals surface area contributed by atoms with Crippen molar-refractivity contribution in [3.63, 3.8) is 0 Å². The van der Waals surface area contributed by atoms with Crippen LogP contribution >= 0.6 is 0 Å². The van der Waals surface area contributed by atoms with Gasteiger partial charge in [0.25, 0.3) is 12.3 Å². The lowest BCUT2D eigenvalue weighted by Crippen LogP contribution is -2.53. The monoisotopic (exact) mass is 491 g/mol. The number of nitrogens with one attached hydrogen (secondary N) is 2. The second-order valence-corrected chi connectivity index (χ2v) is 8.74. The Kier molecular flexibility index (Phi) is 5.74. The van der Waals surface area contributed by atoms with Crippen molar-refractivity contribution in [2.75, 3.05) is 37.8 Å². The molecule has 0 saturated carbocycles. The first-order valence-electron chi connectivity index (χ1n) is 11.2. The highest BCUT2D eigenvalue weighted by atomic mass is 19.3. The van der Waals surface area contributed by atoms with Crippen LogP contribution in [0.2, 0.25) is 0 Å². The zero-order valence-electron chi connectivity index (χ0n) is 19.4. The van der Waals surface area contributed by atoms with Gasteiger partial charge in [0, 0.05) is 25.4 Å². The van der Waals surface area contributed by atoms with E-state index in [4.69, 9.17) is 0 Å². The molecule has 1 aliphatic heterocycles. The van der Waals surface area contributed by atoms with Crippen molar-refractivity contribution in [2.24, 2.45) is 0 Å². The first-order valence-corrected chi connectivity index (χ1v) is 11.2. The molecule has 5 heterocycles. The Hall–Kier alpha value is -3.48. The van der Waals surface area contributed by atoms with E-state index in [0.717, 1.165) is 0 Å². The lowest BCUT2D eigenvalue weighted by atomic mass is 10.0. The van der Waals surface area contributed by atoms with E-state index in [1.807, 2.05) is 0 Å². The molecule has 1 aliphatic rings. The number of imidazole rings is 1. The number of pyridine rings is 1. The van der Waals surface area contributed by atoms with Crippen LogP contribution in [0.3, 0.4) is 0 Å². The van der Waals surface area contributed by atoms with Gasteiger partial charge in [-0.15, -0.1) is 5.10 Å². The maximum Gasteiger partial charge on any atom is 0.280 e. The molecule has 0 spiro atoms. The zero-order valence-corrected chi connectivity index (χ0v) is 19.4. The molecule has 0 aliphatic carbocycles. The largest absolute Gasteiger partial charge is 0.371 e. The first kappa shape index (κ1) is 23.3. The van der Waals surface area contributed by atoms with Gasteiger partial charge in [-0.3, -0.25) is 0 Å². The smallest absolute Gasteiger partial charge is 0.280 e. The Labute approximate surface area is 198 Å². The molecule has 0 bridgehead atoms. The van der Waals surface area contributed by atoms with Crippen LogP contribution < -0.4 is 10.6 Å². The van der Waals surface area contributed by atoms with Crippen LogP contribution in [0.5, 0.6) is 0 Å². The number of hydrogen-bond donors (Lipinski definition) is 2. The first-order chi connectivity index (χ1) is 16.7. The van der Waals surface area contributed by atoms with Gasteiger partial charge in [-0.2, -0.15) is 4.98 Å². The van der Waals surface area contributed by atoms with E-state index in [9.17, 15) is 17.6 Å². The molecule has 4 aromatic rings. The van der Waals surface area contributed by atoms with Crippen molar-refractivity contribution in [2.45, 2.75) is 38.3 Å². The zero-order chi connectivity index (χ0) is 24.9. The van der Waals surface area contributed by atoms with Crippen LogP contribution in [0.1, 0.15) is 12.2 Å². The van der Waals surface area contributed by atoms with Crippen molar-refractivity contribution in [3.05, 3.63) is 30.2 Å². The molecule has 0 unspecified atom stereocenters. The second kappa shape index (κ2) is 8.63. The summed E-state index contributed by atoms with van der Waals surface area (Å²) in [4.78, 5) is 15.0. The number of aryl methyl sites for hydroxylation is 1. The van der Waals surface area contributed by atoms with Crippen molar-refractivity contribution in [3.8, 4) is 11.3 Å². The molecule has 0 radical (unpaired) electrons. The van der Waals surface area contributed by atoms with Gasteiger partial charge in [0.2, 0.25) is 5.95 Å². The third kappa shape index (κ3) is 4.24. The summed E-state index contributed by atoms with van der Waals surface area (Å²) in [5.74, 6) is -1.98. The van der Waals surface area contributed by atoms with Crippen LogP contribution in [0, 0.1) is 6.92 Å². The fourth-order valence-corrected chi connectivity index (χ4v) is 4.53. The molecule has 2 N–H and O–H groups in total. The predicted octanol–water partition coefficient (Wildman–Crippen LogP) is 3.51. The SMILES string of the molecule is CNc1nc(N[C@H]2CCN(C)CC2(F)F)nn2ccc(-c3ccc4nc(C)n(CC(F)F)c4n3)c12. The van der Waals surface area contributed by atoms with Gasteiger partial charge in [-0.1, -0.05) is 0 Å². The minimum atomic E-state index is -2.92. The van der Waals surface area contributed by atoms with E-state index >= 15 is 0 Å². The lowest BCUT2D eigenvalue weighted by molar-refractivity contribution is -0.0675. The normalized spacial score (nSPS) is 18.6. The number of fused-ring (bicyclic) bond motifs is 2. The highest BCUT2D eigenvalue weighted by molar-refractivity contribution is 5.89. The van der Waals surface area contributed by atoms with Crippen molar-refractivity contribution >= 4 is 28.4 Å². The quantitative estimate of drug-likeness (QED) is 0.399. The van der Waals surface area contributed by atoms with Gasteiger partial charge in [0.1, 0.15) is 16.9 Å². The van der Waals surface area contributed by atoms with E-state index in [-0.39, 0.29) is 18.9 Å². The van der Waals surface area contributed by atoms with Gasteiger partial charge in [-0.05, 0) is 38.6 Å². The average molecular weight is 491 g/mol. The number of alkyl halides is 4. The van der Waals surface area contributed by atoms with Crippen LogP contribution in [0.25, 0.3) is 27.9 Å². The van der Waals surface area contributed by atoms with Crippen LogP contribution in [-0.2, 0) is 6.54 Å². The third-order valence-electron chi connectivity index (χ3n) is 6.22. The molecule has 186 valence electrons. The number of piperidine rings is 1. The Balaban J connectivity index is 1.54. The summed E-state index contributed by atoms with van der Waals surface area (Å²) in [6.45, 7) is 1.36. The summed E-state index contributed by atoms with van der Waals surface area (Å²) < 4.78 is 58.2. The van der Waals surface area contributed by atoms with E-state index < -0.39 is 24.9 Å². The highest BCUT2D eigenvalue weighted by Gasteiger charge is 2.44. The number of anilines is 2. The molecule has 1 atom stereocenters. The van der Waals surface area contributed by atoms with Crippen LogP contribution in [0.15, 0.2) is 24.4 Å². The molecular weight excluding hydrogens is 466 g/mol. The van der Waals surface area contributed by atoms with Gasteiger partial charge < -0.3 is 20.1 Å². The minimum Gasteiger partial charge on any atom is -0.371 e. The fraction of sp³-hybridized carbons (Fsp3) is 0.455. The van der Waals surface area contributed by atoms with Crippen molar-refractivity contribution in [1.82, 2.24) is 34.0 Å².